The summed E-state index contributed by atoms with van der Waals surface area (Å²) in [6.45, 7) is 7.64. The fourth-order valence-corrected chi connectivity index (χ4v) is 4.79. The fraction of sp³-hybridized carbons (Fsp3) is 0.343. The third kappa shape index (κ3) is 9.69. The number of carbonyl (C=O) groups excluding carboxylic acids is 4. The first kappa shape index (κ1) is 35.4. The standard InChI is InChI=1S/C31H29F2N5O4.C4H10/c1-19(35-29(40)21-8-6-7-20(13-21)26-12-11-23(32)15-27(26)33)31(42)37(2)18-28(39)38-17-22(14-25(38)16-34)30(41)36-24-9-4-3-5-10-24;1-4(2)3/h3-13,15,19,22,25H,14,17-18H2,1-2H3,(H,35,40)(H,36,41);4H,1-3H3. The summed E-state index contributed by atoms with van der Waals surface area (Å²) in [5.41, 5.74) is 1.24. The zero-order valence-corrected chi connectivity index (χ0v) is 26.6. The van der Waals surface area contributed by atoms with Crippen molar-refractivity contribution in [1.82, 2.24) is 15.1 Å². The van der Waals surface area contributed by atoms with Gasteiger partial charge in [0.1, 0.15) is 23.7 Å². The Labute approximate surface area is 268 Å². The lowest BCUT2D eigenvalue weighted by molar-refractivity contribution is -0.140. The van der Waals surface area contributed by atoms with E-state index in [1.165, 1.54) is 37.1 Å². The van der Waals surface area contributed by atoms with Crippen LogP contribution in [0.25, 0.3) is 11.1 Å². The van der Waals surface area contributed by atoms with Gasteiger partial charge < -0.3 is 20.4 Å². The van der Waals surface area contributed by atoms with Crippen molar-refractivity contribution in [3.63, 3.8) is 0 Å². The minimum atomic E-state index is -1.02. The molecular weight excluding hydrogens is 592 g/mol. The molecule has 0 bridgehead atoms. The second-order valence-electron chi connectivity index (χ2n) is 11.8. The largest absolute Gasteiger partial charge is 0.341 e. The average molecular weight is 632 g/mol. The van der Waals surface area contributed by atoms with Crippen LogP contribution < -0.4 is 10.6 Å². The van der Waals surface area contributed by atoms with Crippen molar-refractivity contribution in [2.45, 2.75) is 46.2 Å². The van der Waals surface area contributed by atoms with E-state index in [0.717, 1.165) is 23.0 Å². The van der Waals surface area contributed by atoms with Gasteiger partial charge >= 0.3 is 0 Å². The molecule has 1 heterocycles. The van der Waals surface area contributed by atoms with Gasteiger partial charge in [0.25, 0.3) is 5.91 Å². The van der Waals surface area contributed by atoms with Crippen molar-refractivity contribution < 1.29 is 28.0 Å². The summed E-state index contributed by atoms with van der Waals surface area (Å²) in [6.07, 6.45) is 0.173. The Bertz CT molecular complexity index is 1590. The molecule has 3 atom stereocenters. The van der Waals surface area contributed by atoms with Crippen molar-refractivity contribution in [2.24, 2.45) is 11.8 Å². The van der Waals surface area contributed by atoms with E-state index in [4.69, 9.17) is 0 Å². The maximum atomic E-state index is 14.2. The quantitative estimate of drug-likeness (QED) is 0.352. The van der Waals surface area contributed by atoms with Crippen LogP contribution in [0.5, 0.6) is 0 Å². The molecule has 0 spiro atoms. The van der Waals surface area contributed by atoms with E-state index in [2.05, 4.69) is 37.5 Å². The summed E-state index contributed by atoms with van der Waals surface area (Å²) in [4.78, 5) is 54.0. The van der Waals surface area contributed by atoms with Crippen LogP contribution in [-0.4, -0.2) is 65.6 Å². The van der Waals surface area contributed by atoms with Crippen LogP contribution in [-0.2, 0) is 14.4 Å². The molecule has 4 amide bonds. The number of benzene rings is 3. The second-order valence-corrected chi connectivity index (χ2v) is 11.8. The molecule has 4 rings (SSSR count). The van der Waals surface area contributed by atoms with Gasteiger partial charge in [-0.3, -0.25) is 19.2 Å². The van der Waals surface area contributed by atoms with Gasteiger partial charge in [0.2, 0.25) is 17.7 Å². The molecule has 1 aliphatic rings. The molecule has 11 heteroatoms. The highest BCUT2D eigenvalue weighted by Crippen LogP contribution is 2.26. The Morgan fingerprint density at radius 1 is 0.978 bits per heavy atom. The number of nitrogens with one attached hydrogen (secondary N) is 2. The van der Waals surface area contributed by atoms with Crippen molar-refractivity contribution in [3.8, 4) is 17.2 Å². The number of halogens is 2. The molecule has 0 saturated carbocycles. The maximum absolute atomic E-state index is 14.2. The Kier molecular flexibility index (Phi) is 12.5. The van der Waals surface area contributed by atoms with Crippen LogP contribution in [0.3, 0.4) is 0 Å². The van der Waals surface area contributed by atoms with E-state index < -0.39 is 47.4 Å². The molecule has 1 saturated heterocycles. The number of carbonyl (C=O) groups is 4. The van der Waals surface area contributed by atoms with Crippen molar-refractivity contribution in [2.75, 3.05) is 25.5 Å². The molecule has 46 heavy (non-hydrogen) atoms. The Balaban J connectivity index is 0.00000136. The molecule has 9 nitrogen and oxygen atoms in total. The zero-order valence-electron chi connectivity index (χ0n) is 26.6. The first-order valence-corrected chi connectivity index (χ1v) is 15.0. The van der Waals surface area contributed by atoms with E-state index in [1.807, 2.05) is 6.07 Å². The van der Waals surface area contributed by atoms with E-state index in [9.17, 15) is 33.2 Å². The number of para-hydroxylation sites is 1. The topological polar surface area (TPSA) is 123 Å². The Morgan fingerprint density at radius 2 is 1.65 bits per heavy atom. The van der Waals surface area contributed by atoms with Crippen LogP contribution >= 0.6 is 0 Å². The lowest BCUT2D eigenvalue weighted by Gasteiger charge is -2.26. The van der Waals surface area contributed by atoms with Gasteiger partial charge in [-0.2, -0.15) is 5.26 Å². The van der Waals surface area contributed by atoms with Crippen molar-refractivity contribution in [1.29, 1.82) is 5.26 Å². The fourth-order valence-electron chi connectivity index (χ4n) is 4.79. The highest BCUT2D eigenvalue weighted by molar-refractivity contribution is 5.99. The molecule has 3 unspecified atom stereocenters. The molecule has 1 fully saturated rings. The highest BCUT2D eigenvalue weighted by Gasteiger charge is 2.39. The van der Waals surface area contributed by atoms with Gasteiger partial charge in [-0.1, -0.05) is 51.1 Å². The molecule has 0 aliphatic carbocycles. The third-order valence-corrected chi connectivity index (χ3v) is 7.02. The number of hydrogen-bond acceptors (Lipinski definition) is 5. The third-order valence-electron chi connectivity index (χ3n) is 7.02. The van der Waals surface area contributed by atoms with Gasteiger partial charge in [0, 0.05) is 36.5 Å². The number of nitriles is 1. The highest BCUT2D eigenvalue weighted by atomic mass is 19.1. The van der Waals surface area contributed by atoms with E-state index in [-0.39, 0.29) is 36.5 Å². The molecule has 3 aromatic rings. The Morgan fingerprint density at radius 3 is 2.28 bits per heavy atom. The van der Waals surface area contributed by atoms with Gasteiger partial charge in [-0.05, 0) is 61.2 Å². The van der Waals surface area contributed by atoms with Gasteiger partial charge in [-0.25, -0.2) is 8.78 Å². The zero-order chi connectivity index (χ0) is 34.0. The van der Waals surface area contributed by atoms with E-state index in [1.54, 1.807) is 36.4 Å². The first-order chi connectivity index (χ1) is 21.8. The van der Waals surface area contributed by atoms with E-state index >= 15 is 0 Å². The van der Waals surface area contributed by atoms with Crippen LogP contribution in [0.4, 0.5) is 14.5 Å². The number of rotatable bonds is 8. The molecule has 0 aromatic heterocycles. The van der Waals surface area contributed by atoms with E-state index in [0.29, 0.717) is 11.3 Å². The summed E-state index contributed by atoms with van der Waals surface area (Å²) >= 11 is 0. The molecule has 0 radical (unpaired) electrons. The van der Waals surface area contributed by atoms with Crippen LogP contribution in [0.15, 0.2) is 72.8 Å². The SMILES string of the molecule is CC(C)C.CC(NC(=O)c1cccc(-c2ccc(F)cc2F)c1)C(=O)N(C)CC(=O)N1CC(C(=O)Nc2ccccc2)CC1C#N. The summed E-state index contributed by atoms with van der Waals surface area (Å²) in [5.74, 6) is -3.20. The smallest absolute Gasteiger partial charge is 0.251 e. The normalized spacial score (nSPS) is 16.0. The monoisotopic (exact) mass is 631 g/mol. The number of likely N-dealkylation sites (N-methyl/N-ethyl adjacent to an activating group) is 1. The molecule has 1 aliphatic heterocycles. The number of hydrogen-bond donors (Lipinski definition) is 2. The van der Waals surface area contributed by atoms with Crippen molar-refractivity contribution in [3.05, 3.63) is 90.0 Å². The van der Waals surface area contributed by atoms with Crippen LogP contribution in [0.1, 0.15) is 44.5 Å². The molecule has 3 aromatic carbocycles. The summed E-state index contributed by atoms with van der Waals surface area (Å²) in [6, 6.07) is 18.2. The predicted octanol–water partition coefficient (Wildman–Crippen LogP) is 5.25. The number of amides is 4. The minimum absolute atomic E-state index is 0.0367. The van der Waals surface area contributed by atoms with Crippen LogP contribution in [0.2, 0.25) is 0 Å². The first-order valence-electron chi connectivity index (χ1n) is 15.0. The number of anilines is 1. The van der Waals surface area contributed by atoms with Gasteiger partial charge in [-0.15, -0.1) is 0 Å². The van der Waals surface area contributed by atoms with Gasteiger partial charge in [0.15, 0.2) is 0 Å². The van der Waals surface area contributed by atoms with Crippen molar-refractivity contribution >= 4 is 29.3 Å². The molecule has 2 N–H and O–H groups in total. The van der Waals surface area contributed by atoms with Gasteiger partial charge in [0.05, 0.1) is 18.5 Å². The van der Waals surface area contributed by atoms with Crippen LogP contribution in [0, 0.1) is 34.8 Å². The summed E-state index contributed by atoms with van der Waals surface area (Å²) < 4.78 is 27.5. The molecule has 242 valence electrons. The minimum Gasteiger partial charge on any atom is -0.341 e. The average Bonchev–Trinajstić information content (AvgIpc) is 3.46. The second kappa shape index (κ2) is 16.3. The summed E-state index contributed by atoms with van der Waals surface area (Å²) in [7, 11) is 1.40. The number of likely N-dealkylation sites (tertiary alicyclic amines) is 1. The maximum Gasteiger partial charge on any atom is 0.251 e. The summed E-state index contributed by atoms with van der Waals surface area (Å²) in [5, 5.41) is 15.0. The molecular formula is C35H39F2N5O4. The number of nitrogens with zero attached hydrogens (tertiary/aromatic N) is 3. The lowest BCUT2D eigenvalue weighted by Crippen LogP contribution is -2.49. The Hall–Kier alpha value is -5.11. The lowest BCUT2D eigenvalue weighted by atomic mass is 10.0. The predicted molar refractivity (Wildman–Crippen MR) is 171 cm³/mol.